The van der Waals surface area contributed by atoms with Crippen LogP contribution in [0.5, 0.6) is 5.75 Å². The Morgan fingerprint density at radius 2 is 1.95 bits per heavy atom. The number of amides is 1. The van der Waals surface area contributed by atoms with Crippen molar-refractivity contribution in [3.8, 4) is 17.0 Å². The molecule has 1 aromatic heterocycles. The van der Waals surface area contributed by atoms with E-state index in [9.17, 15) is 4.79 Å². The van der Waals surface area contributed by atoms with E-state index in [0.717, 1.165) is 24.1 Å². The number of rotatable bonds is 3. The van der Waals surface area contributed by atoms with Crippen molar-refractivity contribution in [3.63, 3.8) is 0 Å². The van der Waals surface area contributed by atoms with Gasteiger partial charge in [-0.2, -0.15) is 0 Å². The Morgan fingerprint density at radius 3 is 2.58 bits per heavy atom. The van der Waals surface area contributed by atoms with Crippen LogP contribution in [0.1, 0.15) is 12.8 Å². The summed E-state index contributed by atoms with van der Waals surface area (Å²) < 4.78 is 5.19. The lowest BCUT2D eigenvalue weighted by molar-refractivity contribution is 0.200. The standard InChI is InChI=1S/C15H14N2O2/c18-15(17-12-6-7-12)19-13-8-4-11(5-9-13)14-3-1-2-10-16-14/h1-5,8-10,12H,6-7H2,(H,17,18). The van der Waals surface area contributed by atoms with Gasteiger partial charge >= 0.3 is 6.09 Å². The van der Waals surface area contributed by atoms with Crippen LogP contribution in [0, 0.1) is 0 Å². The van der Waals surface area contributed by atoms with Gasteiger partial charge in [0.25, 0.3) is 0 Å². The maximum Gasteiger partial charge on any atom is 0.412 e. The molecule has 1 aromatic carbocycles. The van der Waals surface area contributed by atoms with E-state index in [1.807, 2.05) is 30.3 Å². The zero-order valence-corrected chi connectivity index (χ0v) is 10.4. The van der Waals surface area contributed by atoms with Gasteiger partial charge in [-0.25, -0.2) is 4.79 Å². The minimum atomic E-state index is -0.381. The molecule has 1 heterocycles. The van der Waals surface area contributed by atoms with Crippen molar-refractivity contribution in [1.82, 2.24) is 10.3 Å². The number of benzene rings is 1. The Bertz CT molecular complexity index is 562. The van der Waals surface area contributed by atoms with Crippen LogP contribution in [-0.4, -0.2) is 17.1 Å². The third kappa shape index (κ3) is 3.10. The highest BCUT2D eigenvalue weighted by Crippen LogP contribution is 2.21. The second-order valence-corrected chi connectivity index (χ2v) is 4.55. The van der Waals surface area contributed by atoms with E-state index in [1.54, 1.807) is 18.3 Å². The Labute approximate surface area is 111 Å². The third-order valence-electron chi connectivity index (χ3n) is 2.92. The van der Waals surface area contributed by atoms with Crippen LogP contribution in [-0.2, 0) is 0 Å². The van der Waals surface area contributed by atoms with Crippen LogP contribution >= 0.6 is 0 Å². The first-order chi connectivity index (χ1) is 9.31. The molecule has 2 aromatic rings. The molecule has 0 spiro atoms. The number of nitrogens with zero attached hydrogens (tertiary/aromatic N) is 1. The van der Waals surface area contributed by atoms with Crippen LogP contribution in [0.15, 0.2) is 48.7 Å². The van der Waals surface area contributed by atoms with Crippen molar-refractivity contribution in [2.24, 2.45) is 0 Å². The summed E-state index contributed by atoms with van der Waals surface area (Å²) >= 11 is 0. The van der Waals surface area contributed by atoms with Crippen LogP contribution in [0.4, 0.5) is 4.79 Å². The number of aromatic nitrogens is 1. The van der Waals surface area contributed by atoms with Crippen molar-refractivity contribution in [3.05, 3.63) is 48.7 Å². The lowest BCUT2D eigenvalue weighted by atomic mass is 10.1. The molecule has 4 heteroatoms. The first kappa shape index (κ1) is 11.7. The van der Waals surface area contributed by atoms with Gasteiger partial charge in [0.1, 0.15) is 5.75 Å². The summed E-state index contributed by atoms with van der Waals surface area (Å²) in [4.78, 5) is 15.7. The molecule has 1 fully saturated rings. The Morgan fingerprint density at radius 1 is 1.16 bits per heavy atom. The van der Waals surface area contributed by atoms with Gasteiger partial charge in [0.15, 0.2) is 0 Å². The number of carbonyl (C=O) groups excluding carboxylic acids is 1. The van der Waals surface area contributed by atoms with Gasteiger partial charge in [0.2, 0.25) is 0 Å². The summed E-state index contributed by atoms with van der Waals surface area (Å²) in [5.41, 5.74) is 1.90. The molecule has 19 heavy (non-hydrogen) atoms. The third-order valence-corrected chi connectivity index (χ3v) is 2.92. The molecular weight excluding hydrogens is 240 g/mol. The average molecular weight is 254 g/mol. The largest absolute Gasteiger partial charge is 0.412 e. The van der Waals surface area contributed by atoms with E-state index in [0.29, 0.717) is 11.8 Å². The molecule has 1 amide bonds. The van der Waals surface area contributed by atoms with E-state index in [-0.39, 0.29) is 6.09 Å². The highest BCUT2D eigenvalue weighted by atomic mass is 16.6. The lowest BCUT2D eigenvalue weighted by Crippen LogP contribution is -2.28. The van der Waals surface area contributed by atoms with Gasteiger partial charge in [-0.1, -0.05) is 6.07 Å². The maximum absolute atomic E-state index is 11.5. The monoisotopic (exact) mass is 254 g/mol. The van der Waals surface area contributed by atoms with Crippen LogP contribution in [0.25, 0.3) is 11.3 Å². The molecule has 1 saturated carbocycles. The van der Waals surface area contributed by atoms with Gasteiger partial charge in [-0.15, -0.1) is 0 Å². The summed E-state index contributed by atoms with van der Waals surface area (Å²) in [5, 5.41) is 2.78. The molecule has 0 aliphatic heterocycles. The molecule has 96 valence electrons. The van der Waals surface area contributed by atoms with E-state index in [2.05, 4.69) is 10.3 Å². The molecular formula is C15H14N2O2. The van der Waals surface area contributed by atoms with Crippen molar-refractivity contribution in [1.29, 1.82) is 0 Å². The number of hydrogen-bond donors (Lipinski definition) is 1. The van der Waals surface area contributed by atoms with Crippen molar-refractivity contribution in [2.45, 2.75) is 18.9 Å². The SMILES string of the molecule is O=C(NC1CC1)Oc1ccc(-c2ccccn2)cc1. The van der Waals surface area contributed by atoms with Crippen molar-refractivity contribution < 1.29 is 9.53 Å². The lowest BCUT2D eigenvalue weighted by Gasteiger charge is -2.06. The molecule has 1 aliphatic carbocycles. The highest BCUT2D eigenvalue weighted by molar-refractivity contribution is 5.71. The van der Waals surface area contributed by atoms with E-state index in [1.165, 1.54) is 0 Å². The number of carbonyl (C=O) groups is 1. The first-order valence-electron chi connectivity index (χ1n) is 6.31. The molecule has 0 bridgehead atoms. The van der Waals surface area contributed by atoms with Gasteiger partial charge in [0.05, 0.1) is 5.69 Å². The Balaban J connectivity index is 1.66. The molecule has 0 atom stereocenters. The van der Waals surface area contributed by atoms with Crippen LogP contribution in [0.3, 0.4) is 0 Å². The molecule has 0 saturated heterocycles. The van der Waals surface area contributed by atoms with Crippen molar-refractivity contribution >= 4 is 6.09 Å². The van der Waals surface area contributed by atoms with Gasteiger partial charge in [-0.3, -0.25) is 4.98 Å². The summed E-state index contributed by atoms with van der Waals surface area (Å²) in [6.07, 6.45) is 3.47. The second kappa shape index (κ2) is 5.10. The minimum absolute atomic E-state index is 0.306. The summed E-state index contributed by atoms with van der Waals surface area (Å²) in [5.74, 6) is 0.540. The van der Waals surface area contributed by atoms with Gasteiger partial charge < -0.3 is 10.1 Å². The normalized spacial score (nSPS) is 13.9. The predicted molar refractivity (Wildman–Crippen MR) is 71.9 cm³/mol. The molecule has 3 rings (SSSR count). The smallest absolute Gasteiger partial charge is 0.410 e. The number of pyridine rings is 1. The Kier molecular flexibility index (Phi) is 3.14. The zero-order valence-electron chi connectivity index (χ0n) is 10.4. The first-order valence-corrected chi connectivity index (χ1v) is 6.31. The molecule has 0 radical (unpaired) electrons. The maximum atomic E-state index is 11.5. The fourth-order valence-electron chi connectivity index (χ4n) is 1.76. The van der Waals surface area contributed by atoms with Gasteiger partial charge in [-0.05, 0) is 49.2 Å². The number of hydrogen-bond acceptors (Lipinski definition) is 3. The molecule has 4 nitrogen and oxygen atoms in total. The van der Waals surface area contributed by atoms with Gasteiger partial charge in [0, 0.05) is 17.8 Å². The second-order valence-electron chi connectivity index (χ2n) is 4.55. The Hall–Kier alpha value is -2.36. The minimum Gasteiger partial charge on any atom is -0.410 e. The van der Waals surface area contributed by atoms with Crippen molar-refractivity contribution in [2.75, 3.05) is 0 Å². The van der Waals surface area contributed by atoms with E-state index in [4.69, 9.17) is 4.74 Å². The predicted octanol–water partition coefficient (Wildman–Crippen LogP) is 3.00. The molecule has 1 aliphatic rings. The quantitative estimate of drug-likeness (QED) is 0.916. The fraction of sp³-hybridized carbons (Fsp3) is 0.200. The summed E-state index contributed by atoms with van der Waals surface area (Å²) in [7, 11) is 0. The van der Waals surface area contributed by atoms with E-state index < -0.39 is 0 Å². The topological polar surface area (TPSA) is 51.2 Å². The number of nitrogens with one attached hydrogen (secondary N) is 1. The zero-order chi connectivity index (χ0) is 13.1. The van der Waals surface area contributed by atoms with Crippen LogP contribution < -0.4 is 10.1 Å². The summed E-state index contributed by atoms with van der Waals surface area (Å²) in [6.45, 7) is 0. The molecule has 1 N–H and O–H groups in total. The fourth-order valence-corrected chi connectivity index (χ4v) is 1.76. The number of ether oxygens (including phenoxy) is 1. The molecule has 0 unspecified atom stereocenters. The average Bonchev–Trinajstić information content (AvgIpc) is 3.24. The van der Waals surface area contributed by atoms with Crippen LogP contribution in [0.2, 0.25) is 0 Å². The van der Waals surface area contributed by atoms with E-state index >= 15 is 0 Å². The highest BCUT2D eigenvalue weighted by Gasteiger charge is 2.24. The summed E-state index contributed by atoms with van der Waals surface area (Å²) in [6, 6.07) is 13.4.